The molecule has 4 aromatic rings. The van der Waals surface area contributed by atoms with E-state index < -0.39 is 0 Å². The van der Waals surface area contributed by atoms with Gasteiger partial charge in [0.2, 0.25) is 5.95 Å². The fourth-order valence-corrected chi connectivity index (χ4v) is 3.84. The van der Waals surface area contributed by atoms with Crippen molar-refractivity contribution >= 4 is 22.8 Å². The van der Waals surface area contributed by atoms with Gasteiger partial charge in [-0.15, -0.1) is 0 Å². The van der Waals surface area contributed by atoms with Crippen molar-refractivity contribution in [3.8, 4) is 5.69 Å². The van der Waals surface area contributed by atoms with Crippen LogP contribution in [-0.2, 0) is 0 Å². The molecular weight excluding hydrogens is 399 g/mol. The Morgan fingerprint density at radius 1 is 1.00 bits per heavy atom. The molecule has 1 fully saturated rings. The van der Waals surface area contributed by atoms with Crippen LogP contribution < -0.4 is 10.3 Å². The number of imidazole rings is 1. The molecule has 0 unspecified atom stereocenters. The van der Waals surface area contributed by atoms with E-state index in [1.807, 2.05) is 4.90 Å². The summed E-state index contributed by atoms with van der Waals surface area (Å²) in [5.41, 5.74) is 0.575. The number of aromatic nitrogens is 2. The lowest BCUT2D eigenvalue weighted by molar-refractivity contribution is 0.0714. The average molecular weight is 418 g/mol. The molecule has 0 radical (unpaired) electrons. The van der Waals surface area contributed by atoms with Crippen molar-refractivity contribution in [1.29, 1.82) is 0 Å². The molecule has 3 heterocycles. The lowest BCUT2D eigenvalue weighted by Gasteiger charge is -2.35. The van der Waals surface area contributed by atoms with E-state index in [9.17, 15) is 14.0 Å². The van der Waals surface area contributed by atoms with E-state index in [0.717, 1.165) is 0 Å². The first-order valence-corrected chi connectivity index (χ1v) is 9.97. The van der Waals surface area contributed by atoms with Gasteiger partial charge in [0.1, 0.15) is 11.4 Å². The number of anilines is 1. The van der Waals surface area contributed by atoms with E-state index in [1.165, 1.54) is 12.1 Å². The zero-order valence-electron chi connectivity index (χ0n) is 16.6. The van der Waals surface area contributed by atoms with Gasteiger partial charge in [-0.25, -0.2) is 9.37 Å². The van der Waals surface area contributed by atoms with Crippen LogP contribution in [-0.4, -0.2) is 46.5 Å². The van der Waals surface area contributed by atoms with Gasteiger partial charge in [0.25, 0.3) is 5.91 Å². The SMILES string of the molecule is O=C(c1cc(=O)c2ccccc2o1)N1CCN(c2nccn2-c2ccccc2F)CC1. The topological polar surface area (TPSA) is 71.6 Å². The third kappa shape index (κ3) is 3.46. The molecule has 31 heavy (non-hydrogen) atoms. The molecule has 0 spiro atoms. The van der Waals surface area contributed by atoms with E-state index in [-0.39, 0.29) is 22.9 Å². The van der Waals surface area contributed by atoms with Crippen LogP contribution in [0.4, 0.5) is 10.3 Å². The number of hydrogen-bond donors (Lipinski definition) is 0. The predicted octanol–water partition coefficient (Wildman–Crippen LogP) is 3.08. The monoisotopic (exact) mass is 418 g/mol. The molecular formula is C23H19FN4O3. The minimum absolute atomic E-state index is 0.0324. The van der Waals surface area contributed by atoms with Crippen LogP contribution in [0.1, 0.15) is 10.6 Å². The maximum absolute atomic E-state index is 14.2. The minimum atomic E-state index is -0.332. The van der Waals surface area contributed by atoms with Crippen LogP contribution in [0, 0.1) is 5.82 Å². The number of piperazine rings is 1. The van der Waals surface area contributed by atoms with Gasteiger partial charge in [0.05, 0.1) is 11.1 Å². The van der Waals surface area contributed by atoms with E-state index >= 15 is 0 Å². The predicted molar refractivity (Wildman–Crippen MR) is 114 cm³/mol. The molecule has 0 saturated carbocycles. The summed E-state index contributed by atoms with van der Waals surface area (Å²) in [5.74, 6) is 0.00119. The lowest BCUT2D eigenvalue weighted by atomic mass is 10.2. The van der Waals surface area contributed by atoms with E-state index in [4.69, 9.17) is 4.42 Å². The number of carbonyl (C=O) groups is 1. The van der Waals surface area contributed by atoms with Crippen molar-refractivity contribution in [2.45, 2.75) is 0 Å². The first-order chi connectivity index (χ1) is 15.1. The Morgan fingerprint density at radius 3 is 2.55 bits per heavy atom. The maximum atomic E-state index is 14.2. The molecule has 0 aliphatic carbocycles. The second-order valence-corrected chi connectivity index (χ2v) is 7.30. The Labute approximate surface area is 176 Å². The molecule has 7 nitrogen and oxygen atoms in total. The van der Waals surface area contributed by atoms with Crippen LogP contribution in [0.5, 0.6) is 0 Å². The van der Waals surface area contributed by atoms with E-state index in [2.05, 4.69) is 4.98 Å². The van der Waals surface area contributed by atoms with E-state index in [1.54, 1.807) is 64.3 Å². The van der Waals surface area contributed by atoms with Crippen LogP contribution >= 0.6 is 0 Å². The molecule has 2 aromatic heterocycles. The van der Waals surface area contributed by atoms with Crippen molar-refractivity contribution in [3.63, 3.8) is 0 Å². The molecule has 156 valence electrons. The first-order valence-electron chi connectivity index (χ1n) is 9.97. The Hall–Kier alpha value is -3.94. The van der Waals surface area contributed by atoms with Gasteiger partial charge in [-0.05, 0) is 24.3 Å². The number of halogens is 1. The van der Waals surface area contributed by atoms with Gasteiger partial charge in [0, 0.05) is 44.6 Å². The summed E-state index contributed by atoms with van der Waals surface area (Å²) in [7, 11) is 0. The number of benzene rings is 2. The number of nitrogens with zero attached hydrogens (tertiary/aromatic N) is 4. The summed E-state index contributed by atoms with van der Waals surface area (Å²) in [6.07, 6.45) is 3.35. The fraction of sp³-hybridized carbons (Fsp3) is 0.174. The molecule has 1 aliphatic heterocycles. The molecule has 1 aliphatic rings. The summed E-state index contributed by atoms with van der Waals surface area (Å²) in [4.78, 5) is 33.3. The summed E-state index contributed by atoms with van der Waals surface area (Å²) in [6.45, 7) is 1.91. The van der Waals surface area contributed by atoms with E-state index in [0.29, 0.717) is 48.8 Å². The number of rotatable bonds is 3. The third-order valence-corrected chi connectivity index (χ3v) is 5.43. The molecule has 5 rings (SSSR count). The third-order valence-electron chi connectivity index (χ3n) is 5.43. The standard InChI is InChI=1S/C23H19FN4O3/c24-17-6-2-3-7-18(17)28-10-9-25-23(28)27-13-11-26(12-14-27)22(30)21-15-19(29)16-5-1-4-8-20(16)31-21/h1-10,15H,11-14H2. The molecule has 0 bridgehead atoms. The van der Waals surface area contributed by atoms with Gasteiger partial charge >= 0.3 is 0 Å². The second kappa shape index (κ2) is 7.71. The van der Waals surface area contributed by atoms with Gasteiger partial charge in [-0.3, -0.25) is 14.2 Å². The summed E-state index contributed by atoms with van der Waals surface area (Å²) >= 11 is 0. The van der Waals surface area contributed by atoms with Crippen molar-refractivity contribution in [2.24, 2.45) is 0 Å². The highest BCUT2D eigenvalue weighted by Gasteiger charge is 2.26. The Balaban J connectivity index is 1.34. The largest absolute Gasteiger partial charge is 0.451 e. The van der Waals surface area contributed by atoms with Gasteiger partial charge < -0.3 is 14.2 Å². The van der Waals surface area contributed by atoms with Gasteiger partial charge in [-0.2, -0.15) is 0 Å². The number of amides is 1. The summed E-state index contributed by atoms with van der Waals surface area (Å²) in [5, 5.41) is 0.448. The van der Waals surface area contributed by atoms with Crippen molar-refractivity contribution in [3.05, 3.63) is 88.8 Å². The number of fused-ring (bicyclic) bond motifs is 1. The minimum Gasteiger partial charge on any atom is -0.451 e. The van der Waals surface area contributed by atoms with Crippen LogP contribution in [0.3, 0.4) is 0 Å². The molecule has 0 N–H and O–H groups in total. The van der Waals surface area contributed by atoms with Crippen molar-refractivity contribution < 1.29 is 13.6 Å². The van der Waals surface area contributed by atoms with Crippen LogP contribution in [0.25, 0.3) is 16.7 Å². The van der Waals surface area contributed by atoms with Gasteiger partial charge in [0.15, 0.2) is 11.2 Å². The maximum Gasteiger partial charge on any atom is 0.289 e. The highest BCUT2D eigenvalue weighted by atomic mass is 19.1. The molecule has 1 saturated heterocycles. The number of para-hydroxylation sites is 2. The Kier molecular flexibility index (Phi) is 4.74. The first kappa shape index (κ1) is 19.0. The smallest absolute Gasteiger partial charge is 0.289 e. The van der Waals surface area contributed by atoms with Crippen molar-refractivity contribution in [1.82, 2.24) is 14.5 Å². The normalized spacial score (nSPS) is 14.2. The highest BCUT2D eigenvalue weighted by molar-refractivity contribution is 5.93. The zero-order chi connectivity index (χ0) is 21.4. The fourth-order valence-electron chi connectivity index (χ4n) is 3.84. The highest BCUT2D eigenvalue weighted by Crippen LogP contribution is 2.22. The average Bonchev–Trinajstić information content (AvgIpc) is 3.29. The number of hydrogen-bond acceptors (Lipinski definition) is 5. The van der Waals surface area contributed by atoms with Crippen LogP contribution in [0.2, 0.25) is 0 Å². The zero-order valence-corrected chi connectivity index (χ0v) is 16.6. The van der Waals surface area contributed by atoms with Gasteiger partial charge in [-0.1, -0.05) is 24.3 Å². The summed E-state index contributed by atoms with van der Waals surface area (Å²) in [6, 6.07) is 14.6. The quantitative estimate of drug-likeness (QED) is 0.511. The number of carbonyl (C=O) groups excluding carboxylic acids is 1. The molecule has 1 amide bonds. The molecule has 2 aromatic carbocycles. The summed E-state index contributed by atoms with van der Waals surface area (Å²) < 4.78 is 21.6. The van der Waals surface area contributed by atoms with Crippen LogP contribution in [0.15, 0.2) is 76.2 Å². The Bertz CT molecular complexity index is 1320. The Morgan fingerprint density at radius 2 is 1.74 bits per heavy atom. The molecule has 8 heteroatoms. The van der Waals surface area contributed by atoms with Crippen molar-refractivity contribution in [2.75, 3.05) is 31.1 Å². The second-order valence-electron chi connectivity index (χ2n) is 7.30. The lowest BCUT2D eigenvalue weighted by Crippen LogP contribution is -2.49. The molecule has 0 atom stereocenters.